The van der Waals surface area contributed by atoms with Crippen LogP contribution < -0.4 is 11.1 Å². The van der Waals surface area contributed by atoms with Gasteiger partial charge in [0.05, 0.1) is 0 Å². The molecule has 1 rings (SSSR count). The molecule has 1 fully saturated rings. The Labute approximate surface area is 58.8 Å². The van der Waals surface area contributed by atoms with Crippen LogP contribution in [0.3, 0.4) is 0 Å². The van der Waals surface area contributed by atoms with Crippen molar-refractivity contribution in [2.45, 2.75) is 25.3 Å². The maximum Gasteiger partial charge on any atom is 0.309 e. The summed E-state index contributed by atoms with van der Waals surface area (Å²) in [5.41, 5.74) is 4.71. The van der Waals surface area contributed by atoms with Crippen LogP contribution in [0.2, 0.25) is 0 Å². The molecule has 1 saturated carbocycles. The minimum absolute atomic E-state index is 0.194. The molecule has 3 N–H and O–H groups in total. The van der Waals surface area contributed by atoms with Crippen molar-refractivity contribution in [3.05, 3.63) is 0 Å². The minimum Gasteiger partial charge on any atom is -0.361 e. The van der Waals surface area contributed by atoms with Gasteiger partial charge in [0, 0.05) is 6.04 Å². The number of nitrogens with one attached hydrogen (secondary N) is 1. The van der Waals surface area contributed by atoms with E-state index >= 15 is 0 Å². The van der Waals surface area contributed by atoms with Gasteiger partial charge >= 0.3 is 11.8 Å². The second-order valence-electron chi connectivity index (χ2n) is 2.47. The molecule has 0 aromatic heterocycles. The largest absolute Gasteiger partial charge is 0.361 e. The Morgan fingerprint density at radius 1 is 1.40 bits per heavy atom. The quantitative estimate of drug-likeness (QED) is 0.467. The maximum absolute atomic E-state index is 10.6. The van der Waals surface area contributed by atoms with Crippen molar-refractivity contribution in [1.29, 1.82) is 0 Å². The fraction of sp³-hybridized carbons (Fsp3) is 0.667. The van der Waals surface area contributed by atoms with Crippen LogP contribution in [0.5, 0.6) is 0 Å². The van der Waals surface area contributed by atoms with Crippen LogP contribution in [0, 0.1) is 0 Å². The van der Waals surface area contributed by atoms with E-state index in [9.17, 15) is 9.59 Å². The molecule has 4 heteroatoms. The zero-order valence-electron chi connectivity index (χ0n) is 5.59. The zero-order chi connectivity index (χ0) is 7.56. The third-order valence-corrected chi connectivity index (χ3v) is 1.66. The van der Waals surface area contributed by atoms with Crippen LogP contribution in [0.1, 0.15) is 19.3 Å². The van der Waals surface area contributed by atoms with Gasteiger partial charge in [-0.25, -0.2) is 0 Å². The lowest BCUT2D eigenvalue weighted by Crippen LogP contribution is -2.45. The molecule has 0 saturated heterocycles. The lowest BCUT2D eigenvalue weighted by molar-refractivity contribution is -0.138. The highest BCUT2D eigenvalue weighted by atomic mass is 16.2. The highest BCUT2D eigenvalue weighted by Crippen LogP contribution is 2.17. The van der Waals surface area contributed by atoms with Gasteiger partial charge in [0.25, 0.3) is 0 Å². The molecule has 0 bridgehead atoms. The molecule has 0 aromatic carbocycles. The molecule has 1 aliphatic rings. The van der Waals surface area contributed by atoms with Crippen LogP contribution >= 0.6 is 0 Å². The number of nitrogens with two attached hydrogens (primary N) is 1. The maximum atomic E-state index is 10.6. The Balaban J connectivity index is 2.23. The third-order valence-electron chi connectivity index (χ3n) is 1.66. The van der Waals surface area contributed by atoms with Gasteiger partial charge in [0.2, 0.25) is 0 Å². The van der Waals surface area contributed by atoms with Crippen molar-refractivity contribution in [3.8, 4) is 0 Å². The molecule has 0 spiro atoms. The highest BCUT2D eigenvalue weighted by molar-refractivity contribution is 6.34. The zero-order valence-corrected chi connectivity index (χ0v) is 5.59. The Morgan fingerprint density at radius 3 is 2.30 bits per heavy atom. The lowest BCUT2D eigenvalue weighted by Gasteiger charge is -2.25. The van der Waals surface area contributed by atoms with Gasteiger partial charge in [-0.2, -0.15) is 0 Å². The topological polar surface area (TPSA) is 72.2 Å². The van der Waals surface area contributed by atoms with Crippen molar-refractivity contribution in [1.82, 2.24) is 5.32 Å². The number of carbonyl (C=O) groups excluding carboxylic acids is 2. The molecule has 0 radical (unpaired) electrons. The molecular formula is C6H10N2O2. The third kappa shape index (κ3) is 1.46. The molecule has 0 heterocycles. The molecule has 4 nitrogen and oxygen atoms in total. The predicted octanol–water partition coefficient (Wildman–Crippen LogP) is -0.860. The molecule has 0 unspecified atom stereocenters. The van der Waals surface area contributed by atoms with E-state index in [-0.39, 0.29) is 6.04 Å². The summed E-state index contributed by atoms with van der Waals surface area (Å²) in [5.74, 6) is -1.56. The highest BCUT2D eigenvalue weighted by Gasteiger charge is 2.21. The van der Waals surface area contributed by atoms with E-state index in [1.165, 1.54) is 0 Å². The first-order valence-electron chi connectivity index (χ1n) is 3.30. The van der Waals surface area contributed by atoms with Gasteiger partial charge in [-0.1, -0.05) is 0 Å². The van der Waals surface area contributed by atoms with E-state index < -0.39 is 11.8 Å². The Morgan fingerprint density at radius 2 is 2.00 bits per heavy atom. The molecule has 0 atom stereocenters. The van der Waals surface area contributed by atoms with E-state index in [1.54, 1.807) is 0 Å². The van der Waals surface area contributed by atoms with Gasteiger partial charge in [-0.05, 0) is 19.3 Å². The first kappa shape index (κ1) is 7.05. The van der Waals surface area contributed by atoms with E-state index in [4.69, 9.17) is 5.73 Å². The van der Waals surface area contributed by atoms with E-state index in [2.05, 4.69) is 5.32 Å². The summed E-state index contributed by atoms with van der Waals surface area (Å²) in [4.78, 5) is 20.7. The Hall–Kier alpha value is -1.06. The molecule has 56 valence electrons. The first-order chi connectivity index (χ1) is 4.70. The molecule has 1 aliphatic carbocycles. The van der Waals surface area contributed by atoms with Crippen molar-refractivity contribution in [3.63, 3.8) is 0 Å². The van der Waals surface area contributed by atoms with Gasteiger partial charge < -0.3 is 11.1 Å². The average molecular weight is 142 g/mol. The number of rotatable bonds is 1. The van der Waals surface area contributed by atoms with Gasteiger partial charge in [0.15, 0.2) is 0 Å². The van der Waals surface area contributed by atoms with Crippen LogP contribution in [-0.4, -0.2) is 17.9 Å². The molecular weight excluding hydrogens is 132 g/mol. The number of hydrogen-bond acceptors (Lipinski definition) is 2. The lowest BCUT2D eigenvalue weighted by atomic mass is 9.93. The minimum atomic E-state index is -0.896. The fourth-order valence-corrected chi connectivity index (χ4v) is 0.809. The monoisotopic (exact) mass is 142 g/mol. The van der Waals surface area contributed by atoms with Crippen LogP contribution in [0.4, 0.5) is 0 Å². The molecule has 2 amide bonds. The summed E-state index contributed by atoms with van der Waals surface area (Å²) in [6, 6.07) is 0.194. The Bertz CT molecular complexity index is 163. The number of amides is 2. The normalized spacial score (nSPS) is 17.6. The van der Waals surface area contributed by atoms with E-state index in [0.29, 0.717) is 0 Å². The average Bonchev–Trinajstić information content (AvgIpc) is 1.77. The van der Waals surface area contributed by atoms with E-state index in [1.807, 2.05) is 0 Å². The van der Waals surface area contributed by atoms with Crippen LogP contribution in [0.15, 0.2) is 0 Å². The summed E-state index contributed by atoms with van der Waals surface area (Å²) in [7, 11) is 0. The predicted molar refractivity (Wildman–Crippen MR) is 35.0 cm³/mol. The molecule has 0 aromatic rings. The summed E-state index contributed by atoms with van der Waals surface area (Å²) in [6.07, 6.45) is 3.07. The summed E-state index contributed by atoms with van der Waals surface area (Å²) >= 11 is 0. The standard InChI is InChI=1S/C6H10N2O2/c7-5(9)6(10)8-4-2-1-3-4/h4H,1-3H2,(H2,7,9)(H,8,10). The van der Waals surface area contributed by atoms with E-state index in [0.717, 1.165) is 19.3 Å². The van der Waals surface area contributed by atoms with Crippen LogP contribution in [-0.2, 0) is 9.59 Å². The molecule has 10 heavy (non-hydrogen) atoms. The summed E-state index contributed by atoms with van der Waals surface area (Å²) in [6.45, 7) is 0. The van der Waals surface area contributed by atoms with Crippen molar-refractivity contribution in [2.75, 3.05) is 0 Å². The summed E-state index contributed by atoms with van der Waals surface area (Å²) < 4.78 is 0. The summed E-state index contributed by atoms with van der Waals surface area (Å²) in [5, 5.41) is 2.50. The number of hydrogen-bond donors (Lipinski definition) is 2. The smallest absolute Gasteiger partial charge is 0.309 e. The molecule has 0 aliphatic heterocycles. The van der Waals surface area contributed by atoms with Crippen molar-refractivity contribution >= 4 is 11.8 Å². The second kappa shape index (κ2) is 2.68. The number of primary amides is 1. The SMILES string of the molecule is NC(=O)C(=O)NC1CCC1. The van der Waals surface area contributed by atoms with Gasteiger partial charge in [-0.15, -0.1) is 0 Å². The van der Waals surface area contributed by atoms with Crippen LogP contribution in [0.25, 0.3) is 0 Å². The second-order valence-corrected chi connectivity index (χ2v) is 2.47. The van der Waals surface area contributed by atoms with Gasteiger partial charge in [-0.3, -0.25) is 9.59 Å². The van der Waals surface area contributed by atoms with Crippen molar-refractivity contribution < 1.29 is 9.59 Å². The number of carbonyl (C=O) groups is 2. The fourth-order valence-electron chi connectivity index (χ4n) is 0.809. The van der Waals surface area contributed by atoms with Gasteiger partial charge in [0.1, 0.15) is 0 Å². The first-order valence-corrected chi connectivity index (χ1v) is 3.30. The van der Waals surface area contributed by atoms with Crippen molar-refractivity contribution in [2.24, 2.45) is 5.73 Å². The Kier molecular flexibility index (Phi) is 1.89.